The third kappa shape index (κ3) is 28.2. The summed E-state index contributed by atoms with van der Waals surface area (Å²) >= 11 is 0. The number of hydrogen-bond donors (Lipinski definition) is 1. The molecule has 0 saturated carbocycles. The zero-order chi connectivity index (χ0) is 17.9. The van der Waals surface area contributed by atoms with E-state index in [4.69, 9.17) is 5.11 Å². The molecule has 0 radical (unpaired) electrons. The Labute approximate surface area is 142 Å². The Hall–Kier alpha value is -0.0400. The van der Waals surface area contributed by atoms with E-state index in [1.165, 1.54) is 38.5 Å². The lowest BCUT2D eigenvalue weighted by molar-refractivity contribution is 0.267. The molecule has 0 heterocycles. The molecule has 0 amide bonds. The van der Waals surface area contributed by atoms with Crippen LogP contribution in [0, 0.1) is 16.2 Å². The second kappa shape index (κ2) is 11.5. The third-order valence-electron chi connectivity index (χ3n) is 3.69. The molecule has 0 aliphatic rings. The molecular weight excluding hydrogens is 268 g/mol. The maximum absolute atomic E-state index is 8.46. The lowest BCUT2D eigenvalue weighted by Crippen LogP contribution is -2.06. The molecule has 0 rings (SSSR count). The van der Waals surface area contributed by atoms with Gasteiger partial charge in [0.15, 0.2) is 0 Å². The highest BCUT2D eigenvalue weighted by Gasteiger charge is 2.11. The van der Waals surface area contributed by atoms with Gasteiger partial charge in [-0.3, -0.25) is 0 Å². The Morgan fingerprint density at radius 2 is 0.727 bits per heavy atom. The van der Waals surface area contributed by atoms with Crippen molar-refractivity contribution < 1.29 is 5.11 Å². The number of aliphatic hydroxyl groups excluding tert-OH is 1. The summed E-state index contributed by atoms with van der Waals surface area (Å²) in [5, 5.41) is 8.46. The van der Waals surface area contributed by atoms with Crippen LogP contribution in [-0.2, 0) is 0 Å². The second-order valence-corrected chi connectivity index (χ2v) is 10.4. The highest BCUT2D eigenvalue weighted by molar-refractivity contribution is 4.64. The predicted molar refractivity (Wildman–Crippen MR) is 102 cm³/mol. The van der Waals surface area contributed by atoms with Crippen LogP contribution < -0.4 is 0 Å². The molecule has 0 spiro atoms. The monoisotopic (exact) mass is 314 g/mol. The van der Waals surface area contributed by atoms with Crippen LogP contribution in [0.5, 0.6) is 0 Å². The summed E-state index contributed by atoms with van der Waals surface area (Å²) in [5.74, 6) is 0. The van der Waals surface area contributed by atoms with Gasteiger partial charge in [-0.1, -0.05) is 88.0 Å². The van der Waals surface area contributed by atoms with E-state index < -0.39 is 0 Å². The van der Waals surface area contributed by atoms with Gasteiger partial charge in [0.2, 0.25) is 0 Å². The zero-order valence-electron chi connectivity index (χ0n) is 17.3. The van der Waals surface area contributed by atoms with Crippen molar-refractivity contribution in [3.8, 4) is 0 Å². The topological polar surface area (TPSA) is 20.2 Å². The summed E-state index contributed by atoms with van der Waals surface area (Å²) in [4.78, 5) is 0. The van der Waals surface area contributed by atoms with Crippen LogP contribution in [0.2, 0.25) is 0 Å². The second-order valence-electron chi connectivity index (χ2n) is 10.4. The maximum atomic E-state index is 8.46. The van der Waals surface area contributed by atoms with Crippen LogP contribution in [-0.4, -0.2) is 11.7 Å². The van der Waals surface area contributed by atoms with Gasteiger partial charge in [-0.15, -0.1) is 0 Å². The van der Waals surface area contributed by atoms with Crippen molar-refractivity contribution in [2.24, 2.45) is 16.2 Å². The highest BCUT2D eigenvalue weighted by atomic mass is 16.2. The van der Waals surface area contributed by atoms with Crippen LogP contribution in [0.15, 0.2) is 0 Å². The van der Waals surface area contributed by atoms with E-state index in [0.717, 1.165) is 12.8 Å². The molecule has 0 saturated heterocycles. The molecule has 0 aliphatic heterocycles. The Balaban J connectivity index is 0. The van der Waals surface area contributed by atoms with Gasteiger partial charge < -0.3 is 5.11 Å². The van der Waals surface area contributed by atoms with E-state index in [1.54, 1.807) is 0 Å². The van der Waals surface area contributed by atoms with Crippen molar-refractivity contribution in [2.45, 2.75) is 114 Å². The van der Waals surface area contributed by atoms with Gasteiger partial charge in [0.05, 0.1) is 0 Å². The van der Waals surface area contributed by atoms with Crippen molar-refractivity contribution in [2.75, 3.05) is 6.61 Å². The fourth-order valence-corrected chi connectivity index (χ4v) is 2.25. The summed E-state index contributed by atoms with van der Waals surface area (Å²) in [7, 11) is 0. The van der Waals surface area contributed by atoms with Gasteiger partial charge in [0, 0.05) is 6.61 Å². The molecule has 0 bridgehead atoms. The normalized spacial score (nSPS) is 12.8. The van der Waals surface area contributed by atoms with Crippen molar-refractivity contribution in [3.63, 3.8) is 0 Å². The van der Waals surface area contributed by atoms with E-state index in [0.29, 0.717) is 22.9 Å². The molecule has 1 heteroatoms. The average molecular weight is 315 g/mol. The fraction of sp³-hybridized carbons (Fsp3) is 1.00. The SMILES string of the molecule is CC(C)(C)CCCCCC(C)(C)C.CC(C)(C)CCCCO. The van der Waals surface area contributed by atoms with Crippen molar-refractivity contribution in [1.82, 2.24) is 0 Å². The molecule has 0 unspecified atom stereocenters. The minimum Gasteiger partial charge on any atom is -0.396 e. The summed E-state index contributed by atoms with van der Waals surface area (Å²) in [5.41, 5.74) is 1.50. The first-order valence-electron chi connectivity index (χ1n) is 9.38. The number of rotatable bonds is 7. The Kier molecular flexibility index (Phi) is 12.6. The Bertz CT molecular complexity index is 218. The molecule has 1 nitrogen and oxygen atoms in total. The summed E-state index contributed by atoms with van der Waals surface area (Å²) in [6.07, 6.45) is 10.3. The van der Waals surface area contributed by atoms with E-state index in [-0.39, 0.29) is 0 Å². The summed E-state index contributed by atoms with van der Waals surface area (Å²) < 4.78 is 0. The quantitative estimate of drug-likeness (QED) is 0.492. The molecule has 0 atom stereocenters. The van der Waals surface area contributed by atoms with Crippen molar-refractivity contribution in [3.05, 3.63) is 0 Å². The van der Waals surface area contributed by atoms with Crippen LogP contribution in [0.4, 0.5) is 0 Å². The molecule has 0 aromatic heterocycles. The minimum atomic E-state index is 0.343. The van der Waals surface area contributed by atoms with Gasteiger partial charge >= 0.3 is 0 Å². The van der Waals surface area contributed by atoms with Gasteiger partial charge in [-0.25, -0.2) is 0 Å². The molecule has 0 aromatic rings. The van der Waals surface area contributed by atoms with Crippen LogP contribution in [0.1, 0.15) is 114 Å². The van der Waals surface area contributed by atoms with E-state index in [1.807, 2.05) is 0 Å². The molecule has 1 N–H and O–H groups in total. The molecule has 22 heavy (non-hydrogen) atoms. The lowest BCUT2D eigenvalue weighted by Gasteiger charge is -2.20. The fourth-order valence-electron chi connectivity index (χ4n) is 2.25. The Morgan fingerprint density at radius 3 is 0.955 bits per heavy atom. The smallest absolute Gasteiger partial charge is 0.0431 e. The molecular formula is C21H46O. The van der Waals surface area contributed by atoms with Gasteiger partial charge in [-0.2, -0.15) is 0 Å². The van der Waals surface area contributed by atoms with Gasteiger partial charge in [0.25, 0.3) is 0 Å². The molecule has 0 fully saturated rings. The minimum absolute atomic E-state index is 0.343. The first-order valence-corrected chi connectivity index (χ1v) is 9.38. The largest absolute Gasteiger partial charge is 0.396 e. The first kappa shape index (κ1) is 24.2. The molecule has 0 aromatic carbocycles. The van der Waals surface area contributed by atoms with Crippen molar-refractivity contribution >= 4 is 0 Å². The van der Waals surface area contributed by atoms with Crippen molar-refractivity contribution in [1.29, 1.82) is 0 Å². The molecule has 136 valence electrons. The number of unbranched alkanes of at least 4 members (excludes halogenated alkanes) is 3. The van der Waals surface area contributed by atoms with E-state index >= 15 is 0 Å². The van der Waals surface area contributed by atoms with Crippen LogP contribution >= 0.6 is 0 Å². The predicted octanol–water partition coefficient (Wildman–Crippen LogP) is 7.22. The lowest BCUT2D eigenvalue weighted by atomic mass is 9.86. The average Bonchev–Trinajstić information content (AvgIpc) is 2.25. The zero-order valence-corrected chi connectivity index (χ0v) is 17.3. The standard InChI is InChI=1S/C13H28.C8H18O/c1-12(2,3)10-8-7-9-11-13(4,5)6;1-8(2,3)6-4-5-7-9/h7-11H2,1-6H3;9H,4-7H2,1-3H3. The van der Waals surface area contributed by atoms with E-state index in [9.17, 15) is 0 Å². The Morgan fingerprint density at radius 1 is 0.455 bits per heavy atom. The van der Waals surface area contributed by atoms with Gasteiger partial charge in [0.1, 0.15) is 0 Å². The molecule has 0 aliphatic carbocycles. The summed E-state index contributed by atoms with van der Waals surface area (Å²) in [6.45, 7) is 21.0. The van der Waals surface area contributed by atoms with Crippen LogP contribution in [0.25, 0.3) is 0 Å². The number of hydrogen-bond acceptors (Lipinski definition) is 1. The van der Waals surface area contributed by atoms with Crippen LogP contribution in [0.3, 0.4) is 0 Å². The number of aliphatic hydroxyl groups is 1. The first-order chi connectivity index (χ1) is 9.77. The van der Waals surface area contributed by atoms with Gasteiger partial charge in [-0.05, 0) is 41.9 Å². The highest BCUT2D eigenvalue weighted by Crippen LogP contribution is 2.25. The maximum Gasteiger partial charge on any atom is 0.0431 e. The summed E-state index contributed by atoms with van der Waals surface area (Å²) in [6, 6.07) is 0. The third-order valence-corrected chi connectivity index (χ3v) is 3.69. The van der Waals surface area contributed by atoms with E-state index in [2.05, 4.69) is 62.3 Å².